The van der Waals surface area contributed by atoms with Gasteiger partial charge in [0.05, 0.1) is 0 Å². The zero-order chi connectivity index (χ0) is 14.4. The van der Waals surface area contributed by atoms with Crippen molar-refractivity contribution in [3.8, 4) is 0 Å². The van der Waals surface area contributed by atoms with E-state index in [9.17, 15) is 9.59 Å². The van der Waals surface area contributed by atoms with Crippen LogP contribution in [0.15, 0.2) is 42.5 Å². The number of benzene rings is 1. The Morgan fingerprint density at radius 2 is 1.89 bits per heavy atom. The first kappa shape index (κ1) is 15.4. The SMILES string of the molecule is C=C/C(=C\c1ccc(C(=O)Cl)cc1/C=C\C)C(=O)Cl. The monoisotopic (exact) mass is 294 g/mol. The number of hydrogen-bond donors (Lipinski definition) is 0. The Bertz CT molecular complexity index is 584. The summed E-state index contributed by atoms with van der Waals surface area (Å²) in [5.74, 6) is 0. The van der Waals surface area contributed by atoms with E-state index in [0.717, 1.165) is 11.1 Å². The molecule has 0 N–H and O–H groups in total. The number of carbonyl (C=O) groups excluding carboxylic acids is 2. The van der Waals surface area contributed by atoms with Gasteiger partial charge in [-0.1, -0.05) is 30.9 Å². The summed E-state index contributed by atoms with van der Waals surface area (Å²) >= 11 is 10.9. The Morgan fingerprint density at radius 1 is 1.21 bits per heavy atom. The molecule has 0 saturated carbocycles. The van der Waals surface area contributed by atoms with Gasteiger partial charge in [-0.15, -0.1) is 0 Å². The van der Waals surface area contributed by atoms with Gasteiger partial charge in [0.25, 0.3) is 10.5 Å². The van der Waals surface area contributed by atoms with Gasteiger partial charge in [-0.25, -0.2) is 0 Å². The van der Waals surface area contributed by atoms with Crippen molar-refractivity contribution >= 4 is 45.8 Å². The maximum absolute atomic E-state index is 11.2. The van der Waals surface area contributed by atoms with Gasteiger partial charge in [-0.3, -0.25) is 9.59 Å². The number of allylic oxidation sites excluding steroid dienone is 3. The molecular formula is C15H12Cl2O2. The van der Waals surface area contributed by atoms with Gasteiger partial charge >= 0.3 is 0 Å². The van der Waals surface area contributed by atoms with E-state index in [-0.39, 0.29) is 5.57 Å². The van der Waals surface area contributed by atoms with Crippen molar-refractivity contribution in [2.75, 3.05) is 0 Å². The molecule has 0 aliphatic carbocycles. The third-order valence-electron chi connectivity index (χ3n) is 2.42. The lowest BCUT2D eigenvalue weighted by Gasteiger charge is -2.04. The minimum Gasteiger partial charge on any atom is -0.276 e. The molecule has 0 spiro atoms. The molecule has 0 unspecified atom stereocenters. The first-order valence-electron chi connectivity index (χ1n) is 5.50. The Balaban J connectivity index is 3.39. The van der Waals surface area contributed by atoms with Crippen LogP contribution in [0.1, 0.15) is 28.4 Å². The number of hydrogen-bond acceptors (Lipinski definition) is 2. The van der Waals surface area contributed by atoms with Crippen LogP contribution in [0.2, 0.25) is 0 Å². The molecule has 0 radical (unpaired) electrons. The van der Waals surface area contributed by atoms with Crippen LogP contribution < -0.4 is 0 Å². The molecule has 1 aromatic carbocycles. The third-order valence-corrected chi connectivity index (χ3v) is 2.85. The molecule has 0 aliphatic heterocycles. The number of halogens is 2. The molecule has 1 aromatic rings. The lowest BCUT2D eigenvalue weighted by atomic mass is 10.0. The van der Waals surface area contributed by atoms with Crippen molar-refractivity contribution in [3.05, 3.63) is 59.2 Å². The average Bonchev–Trinajstić information content (AvgIpc) is 2.36. The van der Waals surface area contributed by atoms with E-state index in [0.29, 0.717) is 5.56 Å². The molecule has 0 fully saturated rings. The van der Waals surface area contributed by atoms with Gasteiger partial charge in [-0.05, 0) is 59.5 Å². The highest BCUT2D eigenvalue weighted by molar-refractivity contribution is 6.68. The predicted molar refractivity (Wildman–Crippen MR) is 80.4 cm³/mol. The van der Waals surface area contributed by atoms with Crippen LogP contribution in [-0.4, -0.2) is 10.5 Å². The van der Waals surface area contributed by atoms with Crippen molar-refractivity contribution in [3.63, 3.8) is 0 Å². The van der Waals surface area contributed by atoms with E-state index < -0.39 is 10.5 Å². The molecule has 2 nitrogen and oxygen atoms in total. The maximum atomic E-state index is 11.2. The minimum atomic E-state index is -0.584. The Kier molecular flexibility index (Phi) is 5.74. The van der Waals surface area contributed by atoms with Crippen LogP contribution in [-0.2, 0) is 4.79 Å². The van der Waals surface area contributed by atoms with E-state index in [4.69, 9.17) is 23.2 Å². The first-order chi connectivity index (χ1) is 8.99. The molecule has 0 heterocycles. The minimum absolute atomic E-state index is 0.289. The fourth-order valence-corrected chi connectivity index (χ4v) is 1.77. The summed E-state index contributed by atoms with van der Waals surface area (Å²) in [6.07, 6.45) is 6.63. The molecule has 19 heavy (non-hydrogen) atoms. The smallest absolute Gasteiger partial charge is 0.252 e. The molecule has 0 amide bonds. The fourth-order valence-electron chi connectivity index (χ4n) is 1.52. The Morgan fingerprint density at radius 3 is 2.37 bits per heavy atom. The summed E-state index contributed by atoms with van der Waals surface area (Å²) in [4.78, 5) is 22.3. The van der Waals surface area contributed by atoms with Crippen molar-refractivity contribution in [1.29, 1.82) is 0 Å². The van der Waals surface area contributed by atoms with Crippen LogP contribution >= 0.6 is 23.2 Å². The molecule has 0 bridgehead atoms. The second kappa shape index (κ2) is 7.07. The first-order valence-corrected chi connectivity index (χ1v) is 6.25. The molecule has 0 atom stereocenters. The summed E-state index contributed by atoms with van der Waals surface area (Å²) in [5.41, 5.74) is 2.21. The van der Waals surface area contributed by atoms with Gasteiger partial charge in [0.2, 0.25) is 0 Å². The Hall–Kier alpha value is -1.64. The lowest BCUT2D eigenvalue weighted by Crippen LogP contribution is -1.94. The van der Waals surface area contributed by atoms with Gasteiger partial charge in [0, 0.05) is 11.1 Å². The third kappa shape index (κ3) is 4.19. The van der Waals surface area contributed by atoms with Gasteiger partial charge in [0.15, 0.2) is 0 Å². The molecule has 0 saturated heterocycles. The van der Waals surface area contributed by atoms with E-state index in [1.807, 2.05) is 19.1 Å². The van der Waals surface area contributed by atoms with Crippen LogP contribution in [0.3, 0.4) is 0 Å². The van der Waals surface area contributed by atoms with Crippen LogP contribution in [0.5, 0.6) is 0 Å². The maximum Gasteiger partial charge on any atom is 0.252 e. The van der Waals surface area contributed by atoms with E-state index in [1.54, 1.807) is 24.3 Å². The topological polar surface area (TPSA) is 34.1 Å². The van der Waals surface area contributed by atoms with Crippen LogP contribution in [0, 0.1) is 0 Å². The highest BCUT2D eigenvalue weighted by atomic mass is 35.5. The molecule has 0 aromatic heterocycles. The lowest BCUT2D eigenvalue weighted by molar-refractivity contribution is -0.108. The molecular weight excluding hydrogens is 283 g/mol. The van der Waals surface area contributed by atoms with Crippen molar-refractivity contribution in [1.82, 2.24) is 0 Å². The highest BCUT2D eigenvalue weighted by Gasteiger charge is 2.07. The van der Waals surface area contributed by atoms with Crippen LogP contribution in [0.4, 0.5) is 0 Å². The van der Waals surface area contributed by atoms with Gasteiger partial charge < -0.3 is 0 Å². The number of carbonyl (C=O) groups is 2. The largest absolute Gasteiger partial charge is 0.276 e. The summed E-state index contributed by atoms with van der Waals surface area (Å²) in [5, 5.41) is -1.11. The summed E-state index contributed by atoms with van der Waals surface area (Å²) in [6.45, 7) is 5.38. The standard InChI is InChI=1S/C15H12Cl2O2/c1-3-5-11-9-13(15(17)19)7-6-12(11)8-10(4-2)14(16)18/h3-9H,2H2,1H3/b5-3-,10-8+. The number of rotatable bonds is 5. The van der Waals surface area contributed by atoms with E-state index in [2.05, 4.69) is 6.58 Å². The highest BCUT2D eigenvalue weighted by Crippen LogP contribution is 2.19. The quantitative estimate of drug-likeness (QED) is 0.457. The van der Waals surface area contributed by atoms with E-state index in [1.165, 1.54) is 6.08 Å². The molecule has 1 rings (SSSR count). The zero-order valence-electron chi connectivity index (χ0n) is 10.3. The molecule has 98 valence electrons. The van der Waals surface area contributed by atoms with Crippen molar-refractivity contribution in [2.24, 2.45) is 0 Å². The van der Waals surface area contributed by atoms with Crippen LogP contribution in [0.25, 0.3) is 12.2 Å². The second-order valence-electron chi connectivity index (χ2n) is 3.69. The average molecular weight is 295 g/mol. The normalized spacial score (nSPS) is 11.6. The molecule has 0 aliphatic rings. The Labute approximate surface area is 122 Å². The predicted octanol–water partition coefficient (Wildman–Crippen LogP) is 4.43. The fraction of sp³-hybridized carbons (Fsp3) is 0.0667. The van der Waals surface area contributed by atoms with Crippen molar-refractivity contribution < 1.29 is 9.59 Å². The van der Waals surface area contributed by atoms with Gasteiger partial charge in [-0.2, -0.15) is 0 Å². The second-order valence-corrected chi connectivity index (χ2v) is 4.38. The van der Waals surface area contributed by atoms with E-state index >= 15 is 0 Å². The van der Waals surface area contributed by atoms with Gasteiger partial charge in [0.1, 0.15) is 0 Å². The summed E-state index contributed by atoms with van der Waals surface area (Å²) in [7, 11) is 0. The van der Waals surface area contributed by atoms with Crippen molar-refractivity contribution in [2.45, 2.75) is 6.92 Å². The summed E-state index contributed by atoms with van der Waals surface area (Å²) < 4.78 is 0. The zero-order valence-corrected chi connectivity index (χ0v) is 11.8. The summed E-state index contributed by atoms with van der Waals surface area (Å²) in [6, 6.07) is 4.95. The molecule has 4 heteroatoms.